The second-order valence-corrected chi connectivity index (χ2v) is 4.08. The van der Waals surface area contributed by atoms with Crippen molar-refractivity contribution in [1.29, 1.82) is 0 Å². The van der Waals surface area contributed by atoms with Crippen LogP contribution in [0.1, 0.15) is 19.3 Å². The maximum atomic E-state index is 5.77. The smallest absolute Gasteiger partial charge is 0.143 e. The standard InChI is InChI=1S/C13H18N2O/c1-16-13-9-11(7-8-12(13)14)15-10-5-3-2-4-6-10/h2-3,7-10,15H,4-6,14H2,1H3. The number of allylic oxidation sites excluding steroid dienone is 1. The summed E-state index contributed by atoms with van der Waals surface area (Å²) in [5, 5.41) is 3.50. The summed E-state index contributed by atoms with van der Waals surface area (Å²) in [6.45, 7) is 0. The molecule has 0 saturated carbocycles. The van der Waals surface area contributed by atoms with Crippen molar-refractivity contribution in [3.63, 3.8) is 0 Å². The lowest BCUT2D eigenvalue weighted by atomic mass is 10.0. The maximum absolute atomic E-state index is 5.77. The fourth-order valence-electron chi connectivity index (χ4n) is 1.96. The summed E-state index contributed by atoms with van der Waals surface area (Å²) in [6.07, 6.45) is 7.90. The van der Waals surface area contributed by atoms with Crippen LogP contribution in [0.5, 0.6) is 5.75 Å². The molecule has 0 aliphatic heterocycles. The van der Waals surface area contributed by atoms with Gasteiger partial charge in [0.15, 0.2) is 0 Å². The van der Waals surface area contributed by atoms with Crippen molar-refractivity contribution in [3.05, 3.63) is 30.4 Å². The van der Waals surface area contributed by atoms with Gasteiger partial charge in [0, 0.05) is 17.8 Å². The Bertz CT molecular complexity index is 388. The Balaban J connectivity index is 2.06. The number of methoxy groups -OCH3 is 1. The van der Waals surface area contributed by atoms with E-state index in [0.29, 0.717) is 11.7 Å². The van der Waals surface area contributed by atoms with E-state index in [4.69, 9.17) is 10.5 Å². The Morgan fingerprint density at radius 1 is 1.38 bits per heavy atom. The molecule has 2 rings (SSSR count). The third-order valence-corrected chi connectivity index (χ3v) is 2.87. The number of benzene rings is 1. The summed E-state index contributed by atoms with van der Waals surface area (Å²) in [5.41, 5.74) is 7.52. The van der Waals surface area contributed by atoms with Crippen molar-refractivity contribution in [2.45, 2.75) is 25.3 Å². The maximum Gasteiger partial charge on any atom is 0.143 e. The van der Waals surface area contributed by atoms with E-state index in [1.54, 1.807) is 7.11 Å². The molecule has 0 fully saturated rings. The summed E-state index contributed by atoms with van der Waals surface area (Å²) in [7, 11) is 1.64. The monoisotopic (exact) mass is 218 g/mol. The molecule has 1 aliphatic rings. The van der Waals surface area contributed by atoms with Crippen LogP contribution in [0.3, 0.4) is 0 Å². The first-order chi connectivity index (χ1) is 7.79. The molecule has 0 amide bonds. The number of nitrogen functional groups attached to an aromatic ring is 1. The summed E-state index contributed by atoms with van der Waals surface area (Å²) >= 11 is 0. The van der Waals surface area contributed by atoms with Crippen LogP contribution in [-0.4, -0.2) is 13.2 Å². The number of hydrogen-bond donors (Lipinski definition) is 2. The van der Waals surface area contributed by atoms with Crippen molar-refractivity contribution in [3.8, 4) is 5.75 Å². The SMILES string of the molecule is COc1cc(NC2CC=CCC2)ccc1N. The van der Waals surface area contributed by atoms with E-state index in [2.05, 4.69) is 17.5 Å². The van der Waals surface area contributed by atoms with Gasteiger partial charge in [-0.05, 0) is 31.4 Å². The Morgan fingerprint density at radius 2 is 2.25 bits per heavy atom. The van der Waals surface area contributed by atoms with Crippen LogP contribution in [0.4, 0.5) is 11.4 Å². The minimum atomic E-state index is 0.526. The fourth-order valence-corrected chi connectivity index (χ4v) is 1.96. The molecule has 0 heterocycles. The van der Waals surface area contributed by atoms with E-state index in [1.807, 2.05) is 18.2 Å². The van der Waals surface area contributed by atoms with Crippen molar-refractivity contribution >= 4 is 11.4 Å². The molecule has 0 radical (unpaired) electrons. The molecule has 1 unspecified atom stereocenters. The molecule has 3 N–H and O–H groups in total. The van der Waals surface area contributed by atoms with Gasteiger partial charge in [-0.1, -0.05) is 12.2 Å². The quantitative estimate of drug-likeness (QED) is 0.606. The van der Waals surface area contributed by atoms with Crippen molar-refractivity contribution in [2.75, 3.05) is 18.2 Å². The molecule has 0 bridgehead atoms. The average Bonchev–Trinajstić information content (AvgIpc) is 2.33. The van der Waals surface area contributed by atoms with E-state index in [9.17, 15) is 0 Å². The normalized spacial score (nSPS) is 19.4. The van der Waals surface area contributed by atoms with Crippen molar-refractivity contribution in [1.82, 2.24) is 0 Å². The minimum Gasteiger partial charge on any atom is -0.495 e. The van der Waals surface area contributed by atoms with Crippen LogP contribution in [-0.2, 0) is 0 Å². The molecule has 1 aromatic carbocycles. The Kier molecular flexibility index (Phi) is 3.34. The zero-order valence-corrected chi connectivity index (χ0v) is 9.57. The molecule has 0 aromatic heterocycles. The molecule has 1 aromatic rings. The second-order valence-electron chi connectivity index (χ2n) is 4.08. The van der Waals surface area contributed by atoms with Gasteiger partial charge in [-0.3, -0.25) is 0 Å². The number of ether oxygens (including phenoxy) is 1. The van der Waals surface area contributed by atoms with Crippen LogP contribution in [0, 0.1) is 0 Å². The summed E-state index contributed by atoms with van der Waals surface area (Å²) in [4.78, 5) is 0. The molecule has 0 spiro atoms. The highest BCUT2D eigenvalue weighted by atomic mass is 16.5. The van der Waals surface area contributed by atoms with Gasteiger partial charge in [-0.15, -0.1) is 0 Å². The van der Waals surface area contributed by atoms with Gasteiger partial charge in [0.25, 0.3) is 0 Å². The largest absolute Gasteiger partial charge is 0.495 e. The first kappa shape index (κ1) is 10.9. The van der Waals surface area contributed by atoms with E-state index in [1.165, 1.54) is 6.42 Å². The predicted molar refractivity (Wildman–Crippen MR) is 67.8 cm³/mol. The lowest BCUT2D eigenvalue weighted by molar-refractivity contribution is 0.417. The van der Waals surface area contributed by atoms with E-state index >= 15 is 0 Å². The zero-order chi connectivity index (χ0) is 11.4. The molecule has 86 valence electrons. The second kappa shape index (κ2) is 4.92. The number of anilines is 2. The van der Waals surface area contributed by atoms with Gasteiger partial charge in [0.1, 0.15) is 5.75 Å². The van der Waals surface area contributed by atoms with E-state index in [-0.39, 0.29) is 0 Å². The highest BCUT2D eigenvalue weighted by Crippen LogP contribution is 2.26. The lowest BCUT2D eigenvalue weighted by Crippen LogP contribution is -2.20. The van der Waals surface area contributed by atoms with Gasteiger partial charge >= 0.3 is 0 Å². The molecule has 1 aliphatic carbocycles. The third kappa shape index (κ3) is 2.48. The Morgan fingerprint density at radius 3 is 2.94 bits per heavy atom. The van der Waals surface area contributed by atoms with Crippen LogP contribution in [0.2, 0.25) is 0 Å². The number of hydrogen-bond acceptors (Lipinski definition) is 3. The molecule has 16 heavy (non-hydrogen) atoms. The molecule has 1 atom stereocenters. The minimum absolute atomic E-state index is 0.526. The van der Waals surface area contributed by atoms with Gasteiger partial charge in [-0.25, -0.2) is 0 Å². The zero-order valence-electron chi connectivity index (χ0n) is 9.57. The highest BCUT2D eigenvalue weighted by Gasteiger charge is 2.10. The van der Waals surface area contributed by atoms with Gasteiger partial charge in [-0.2, -0.15) is 0 Å². The first-order valence-corrected chi connectivity index (χ1v) is 5.64. The summed E-state index contributed by atoms with van der Waals surface area (Å²) in [5.74, 6) is 0.733. The van der Waals surface area contributed by atoms with E-state index in [0.717, 1.165) is 24.3 Å². The van der Waals surface area contributed by atoms with Gasteiger partial charge in [0.05, 0.1) is 12.8 Å². The first-order valence-electron chi connectivity index (χ1n) is 5.64. The Labute approximate surface area is 96.3 Å². The van der Waals surface area contributed by atoms with Crippen molar-refractivity contribution < 1.29 is 4.74 Å². The predicted octanol–water partition coefficient (Wildman–Crippen LogP) is 2.80. The summed E-state index contributed by atoms with van der Waals surface area (Å²) < 4.78 is 5.20. The fraction of sp³-hybridized carbons (Fsp3) is 0.385. The van der Waals surface area contributed by atoms with Crippen LogP contribution >= 0.6 is 0 Å². The van der Waals surface area contributed by atoms with E-state index < -0.39 is 0 Å². The molecular weight excluding hydrogens is 200 g/mol. The molecular formula is C13H18N2O. The molecule has 3 heteroatoms. The van der Waals surface area contributed by atoms with Gasteiger partial charge in [0.2, 0.25) is 0 Å². The van der Waals surface area contributed by atoms with Crippen LogP contribution in [0.25, 0.3) is 0 Å². The van der Waals surface area contributed by atoms with Crippen LogP contribution < -0.4 is 15.8 Å². The number of nitrogens with two attached hydrogens (primary N) is 1. The number of rotatable bonds is 3. The lowest BCUT2D eigenvalue weighted by Gasteiger charge is -2.21. The highest BCUT2D eigenvalue weighted by molar-refractivity contribution is 5.61. The number of nitrogens with one attached hydrogen (secondary N) is 1. The topological polar surface area (TPSA) is 47.3 Å². The molecule has 3 nitrogen and oxygen atoms in total. The average molecular weight is 218 g/mol. The van der Waals surface area contributed by atoms with Crippen LogP contribution in [0.15, 0.2) is 30.4 Å². The van der Waals surface area contributed by atoms with Crippen molar-refractivity contribution in [2.24, 2.45) is 0 Å². The Hall–Kier alpha value is -1.64. The summed E-state index contributed by atoms with van der Waals surface area (Å²) in [6, 6.07) is 6.35. The van der Waals surface area contributed by atoms with Gasteiger partial charge < -0.3 is 15.8 Å². The third-order valence-electron chi connectivity index (χ3n) is 2.87. The molecule has 0 saturated heterocycles.